The second kappa shape index (κ2) is 6.29. The molecular formula is C15H20N4. The van der Waals surface area contributed by atoms with Crippen molar-refractivity contribution in [3.8, 4) is 0 Å². The molecule has 0 spiro atoms. The molecular weight excluding hydrogens is 236 g/mol. The average molecular weight is 256 g/mol. The molecule has 0 fully saturated rings. The minimum Gasteiger partial charge on any atom is -0.354 e. The van der Waals surface area contributed by atoms with E-state index >= 15 is 0 Å². The van der Waals surface area contributed by atoms with Crippen LogP contribution in [0.4, 0.5) is 5.82 Å². The summed E-state index contributed by atoms with van der Waals surface area (Å²) >= 11 is 0. The molecule has 0 atom stereocenters. The standard InChI is InChI=1S/C15H20N4/c1-12-6-4-5-7-13(12)11-19(3)15-10-17-14(8-16-2)9-18-15/h4-7,9-10,16H,8,11H2,1-3H3. The molecule has 0 aliphatic carbocycles. The summed E-state index contributed by atoms with van der Waals surface area (Å²) < 4.78 is 0. The Kier molecular flexibility index (Phi) is 4.47. The topological polar surface area (TPSA) is 41.1 Å². The van der Waals surface area contributed by atoms with Gasteiger partial charge in [-0.2, -0.15) is 0 Å². The lowest BCUT2D eigenvalue weighted by Gasteiger charge is -2.19. The van der Waals surface area contributed by atoms with Crippen LogP contribution in [0.3, 0.4) is 0 Å². The molecule has 1 N–H and O–H groups in total. The van der Waals surface area contributed by atoms with Gasteiger partial charge in [-0.05, 0) is 25.1 Å². The van der Waals surface area contributed by atoms with Crippen LogP contribution < -0.4 is 10.2 Å². The Morgan fingerprint density at radius 1 is 1.16 bits per heavy atom. The second-order valence-corrected chi connectivity index (χ2v) is 4.68. The van der Waals surface area contributed by atoms with Crippen LogP contribution in [-0.4, -0.2) is 24.1 Å². The van der Waals surface area contributed by atoms with Gasteiger partial charge in [0.1, 0.15) is 5.82 Å². The molecule has 0 aliphatic rings. The molecule has 19 heavy (non-hydrogen) atoms. The van der Waals surface area contributed by atoms with E-state index in [1.807, 2.05) is 26.5 Å². The first-order chi connectivity index (χ1) is 9.20. The van der Waals surface area contributed by atoms with Crippen LogP contribution in [0.25, 0.3) is 0 Å². The van der Waals surface area contributed by atoms with Crippen molar-refractivity contribution < 1.29 is 0 Å². The Bertz CT molecular complexity index is 522. The van der Waals surface area contributed by atoms with Crippen LogP contribution in [0, 0.1) is 6.92 Å². The minimum absolute atomic E-state index is 0.745. The van der Waals surface area contributed by atoms with Crippen molar-refractivity contribution in [2.75, 3.05) is 19.0 Å². The third-order valence-electron chi connectivity index (χ3n) is 3.11. The number of nitrogens with zero attached hydrogens (tertiary/aromatic N) is 3. The molecule has 0 bridgehead atoms. The molecule has 2 rings (SSSR count). The van der Waals surface area contributed by atoms with Crippen molar-refractivity contribution in [3.05, 3.63) is 53.5 Å². The van der Waals surface area contributed by atoms with Crippen molar-refractivity contribution in [3.63, 3.8) is 0 Å². The largest absolute Gasteiger partial charge is 0.354 e. The zero-order chi connectivity index (χ0) is 13.7. The zero-order valence-corrected chi connectivity index (χ0v) is 11.7. The molecule has 4 heteroatoms. The van der Waals surface area contributed by atoms with Crippen molar-refractivity contribution in [2.24, 2.45) is 0 Å². The van der Waals surface area contributed by atoms with E-state index in [0.29, 0.717) is 0 Å². The van der Waals surface area contributed by atoms with E-state index in [0.717, 1.165) is 24.6 Å². The Balaban J connectivity index is 2.07. The number of benzene rings is 1. The van der Waals surface area contributed by atoms with E-state index in [1.165, 1.54) is 11.1 Å². The lowest BCUT2D eigenvalue weighted by molar-refractivity contribution is 0.779. The summed E-state index contributed by atoms with van der Waals surface area (Å²) in [6.45, 7) is 3.71. The number of hydrogen-bond donors (Lipinski definition) is 1. The van der Waals surface area contributed by atoms with Gasteiger partial charge in [-0.3, -0.25) is 4.98 Å². The van der Waals surface area contributed by atoms with Crippen LogP contribution in [0.5, 0.6) is 0 Å². The maximum Gasteiger partial charge on any atom is 0.147 e. The molecule has 4 nitrogen and oxygen atoms in total. The normalized spacial score (nSPS) is 10.5. The molecule has 2 aromatic rings. The molecule has 0 saturated carbocycles. The lowest BCUT2D eigenvalue weighted by Crippen LogP contribution is -2.19. The molecule has 0 radical (unpaired) electrons. The van der Waals surface area contributed by atoms with Crippen molar-refractivity contribution >= 4 is 5.82 Å². The molecule has 100 valence electrons. The average Bonchev–Trinajstić information content (AvgIpc) is 2.42. The Hall–Kier alpha value is -1.94. The smallest absolute Gasteiger partial charge is 0.147 e. The van der Waals surface area contributed by atoms with Crippen molar-refractivity contribution in [2.45, 2.75) is 20.0 Å². The van der Waals surface area contributed by atoms with E-state index in [4.69, 9.17) is 0 Å². The highest BCUT2D eigenvalue weighted by Gasteiger charge is 2.06. The van der Waals surface area contributed by atoms with Gasteiger partial charge in [-0.25, -0.2) is 4.98 Å². The first-order valence-corrected chi connectivity index (χ1v) is 6.42. The van der Waals surface area contributed by atoms with Gasteiger partial charge in [0.2, 0.25) is 0 Å². The predicted octanol–water partition coefficient (Wildman–Crippen LogP) is 2.14. The third kappa shape index (κ3) is 3.51. The fourth-order valence-electron chi connectivity index (χ4n) is 1.94. The van der Waals surface area contributed by atoms with Gasteiger partial charge in [-0.15, -0.1) is 0 Å². The van der Waals surface area contributed by atoms with E-state index in [2.05, 4.69) is 51.4 Å². The van der Waals surface area contributed by atoms with Gasteiger partial charge >= 0.3 is 0 Å². The van der Waals surface area contributed by atoms with E-state index in [1.54, 1.807) is 0 Å². The Labute approximate surface area is 114 Å². The first kappa shape index (κ1) is 13.5. The Morgan fingerprint density at radius 2 is 1.95 bits per heavy atom. The molecule has 0 amide bonds. The summed E-state index contributed by atoms with van der Waals surface area (Å²) in [6.07, 6.45) is 3.64. The molecule has 0 unspecified atom stereocenters. The predicted molar refractivity (Wildman–Crippen MR) is 78.1 cm³/mol. The molecule has 0 aliphatic heterocycles. The second-order valence-electron chi connectivity index (χ2n) is 4.68. The van der Waals surface area contributed by atoms with E-state index in [9.17, 15) is 0 Å². The molecule has 0 saturated heterocycles. The highest BCUT2D eigenvalue weighted by atomic mass is 15.2. The number of aryl methyl sites for hydroxylation is 1. The van der Waals surface area contributed by atoms with Gasteiger partial charge in [0, 0.05) is 20.1 Å². The van der Waals surface area contributed by atoms with E-state index < -0.39 is 0 Å². The minimum atomic E-state index is 0.745. The SMILES string of the molecule is CNCc1cnc(N(C)Cc2ccccc2C)cn1. The van der Waals surface area contributed by atoms with Gasteiger partial charge in [0.15, 0.2) is 0 Å². The summed E-state index contributed by atoms with van der Waals surface area (Å²) in [6, 6.07) is 8.41. The quantitative estimate of drug-likeness (QED) is 0.890. The maximum atomic E-state index is 4.45. The van der Waals surface area contributed by atoms with Crippen LogP contribution in [0.2, 0.25) is 0 Å². The van der Waals surface area contributed by atoms with Crippen molar-refractivity contribution in [1.82, 2.24) is 15.3 Å². The third-order valence-corrected chi connectivity index (χ3v) is 3.11. The fourth-order valence-corrected chi connectivity index (χ4v) is 1.94. The zero-order valence-electron chi connectivity index (χ0n) is 11.7. The number of nitrogens with one attached hydrogen (secondary N) is 1. The van der Waals surface area contributed by atoms with Crippen molar-refractivity contribution in [1.29, 1.82) is 0 Å². The lowest BCUT2D eigenvalue weighted by atomic mass is 10.1. The summed E-state index contributed by atoms with van der Waals surface area (Å²) in [4.78, 5) is 10.9. The van der Waals surface area contributed by atoms with Gasteiger partial charge in [0.05, 0.1) is 18.1 Å². The van der Waals surface area contributed by atoms with Gasteiger partial charge in [-0.1, -0.05) is 24.3 Å². The molecule has 1 heterocycles. The van der Waals surface area contributed by atoms with Gasteiger partial charge in [0.25, 0.3) is 0 Å². The van der Waals surface area contributed by atoms with Gasteiger partial charge < -0.3 is 10.2 Å². The molecule has 1 aromatic carbocycles. The van der Waals surface area contributed by atoms with Crippen LogP contribution in [0.1, 0.15) is 16.8 Å². The number of anilines is 1. The van der Waals surface area contributed by atoms with Crippen LogP contribution in [0.15, 0.2) is 36.7 Å². The van der Waals surface area contributed by atoms with E-state index in [-0.39, 0.29) is 0 Å². The summed E-state index contributed by atoms with van der Waals surface area (Å²) in [5.74, 6) is 0.892. The van der Waals surface area contributed by atoms with Crippen LogP contribution >= 0.6 is 0 Å². The number of aromatic nitrogens is 2. The maximum absolute atomic E-state index is 4.45. The summed E-state index contributed by atoms with van der Waals surface area (Å²) in [7, 11) is 3.94. The number of hydrogen-bond acceptors (Lipinski definition) is 4. The molecule has 1 aromatic heterocycles. The van der Waals surface area contributed by atoms with Crippen LogP contribution in [-0.2, 0) is 13.1 Å². The monoisotopic (exact) mass is 256 g/mol. The number of rotatable bonds is 5. The summed E-state index contributed by atoms with van der Waals surface area (Å²) in [5.41, 5.74) is 3.57. The first-order valence-electron chi connectivity index (χ1n) is 6.42. The Morgan fingerprint density at radius 3 is 2.58 bits per heavy atom. The summed E-state index contributed by atoms with van der Waals surface area (Å²) in [5, 5.41) is 3.06. The highest BCUT2D eigenvalue weighted by Crippen LogP contribution is 2.14. The highest BCUT2D eigenvalue weighted by molar-refractivity contribution is 5.38. The fraction of sp³-hybridized carbons (Fsp3) is 0.333.